The maximum absolute atomic E-state index is 13.3. The first-order valence-electron chi connectivity index (χ1n) is 5.14. The van der Waals surface area contributed by atoms with Gasteiger partial charge in [0, 0.05) is 0 Å². The highest BCUT2D eigenvalue weighted by Gasteiger charge is 2.07. The zero-order chi connectivity index (χ0) is 13.3. The Morgan fingerprint density at radius 3 is 2.89 bits per heavy atom. The van der Waals surface area contributed by atoms with Crippen molar-refractivity contribution in [1.29, 1.82) is 0 Å². The third-order valence-electron chi connectivity index (χ3n) is 2.49. The summed E-state index contributed by atoms with van der Waals surface area (Å²) >= 11 is 7.56. The third kappa shape index (κ3) is 2.72. The van der Waals surface area contributed by atoms with Crippen LogP contribution in [0.5, 0.6) is 0 Å². The molecular weight excluding hydrogens is 369 g/mol. The van der Waals surface area contributed by atoms with Crippen molar-refractivity contribution in [2.45, 2.75) is 13.5 Å². The van der Waals surface area contributed by atoms with Gasteiger partial charge in [-0.3, -0.25) is 9.36 Å². The van der Waals surface area contributed by atoms with E-state index in [1.165, 1.54) is 23.0 Å². The summed E-state index contributed by atoms with van der Waals surface area (Å²) in [7, 11) is 0. The lowest BCUT2D eigenvalue weighted by Crippen LogP contribution is -2.24. The molecular formula is C12H9ClFIN2O. The van der Waals surface area contributed by atoms with E-state index in [-0.39, 0.29) is 17.1 Å². The van der Waals surface area contributed by atoms with Crippen LogP contribution in [0.25, 0.3) is 0 Å². The van der Waals surface area contributed by atoms with E-state index in [1.807, 2.05) is 22.6 Å². The Labute approximate surface area is 122 Å². The van der Waals surface area contributed by atoms with Gasteiger partial charge >= 0.3 is 0 Å². The SMILES string of the molecule is Cc1ncn(Cc2ccc(Cl)c(F)c2)c(=O)c1I. The molecule has 0 saturated heterocycles. The number of aryl methyl sites for hydroxylation is 1. The van der Waals surface area contributed by atoms with Gasteiger partial charge in [-0.25, -0.2) is 9.37 Å². The second-order valence-corrected chi connectivity index (χ2v) is 5.31. The second kappa shape index (κ2) is 5.36. The van der Waals surface area contributed by atoms with Crippen LogP contribution < -0.4 is 5.56 Å². The van der Waals surface area contributed by atoms with E-state index in [1.54, 1.807) is 13.0 Å². The lowest BCUT2D eigenvalue weighted by atomic mass is 10.2. The van der Waals surface area contributed by atoms with Gasteiger partial charge in [0.05, 0.1) is 27.2 Å². The van der Waals surface area contributed by atoms with E-state index in [4.69, 9.17) is 11.6 Å². The van der Waals surface area contributed by atoms with E-state index < -0.39 is 5.82 Å². The number of hydrogen-bond donors (Lipinski definition) is 0. The molecule has 0 N–H and O–H groups in total. The number of benzene rings is 1. The standard InChI is InChI=1S/C12H9ClFIN2O/c1-7-11(15)12(18)17(6-16-7)5-8-2-3-9(13)10(14)4-8/h2-4,6H,5H2,1H3. The third-order valence-corrected chi connectivity index (χ3v) is 4.04. The zero-order valence-corrected chi connectivity index (χ0v) is 12.4. The van der Waals surface area contributed by atoms with Gasteiger partial charge in [-0.15, -0.1) is 0 Å². The van der Waals surface area contributed by atoms with Gasteiger partial charge in [-0.2, -0.15) is 0 Å². The predicted octanol–water partition coefficient (Wildman–Crippen LogP) is 3.00. The molecule has 0 spiro atoms. The summed E-state index contributed by atoms with van der Waals surface area (Å²) in [5.41, 5.74) is 1.23. The number of hydrogen-bond acceptors (Lipinski definition) is 2. The fraction of sp³-hybridized carbons (Fsp3) is 0.167. The molecule has 3 nitrogen and oxygen atoms in total. The van der Waals surface area contributed by atoms with Crippen molar-refractivity contribution >= 4 is 34.2 Å². The van der Waals surface area contributed by atoms with Gasteiger partial charge in [0.15, 0.2) is 0 Å². The van der Waals surface area contributed by atoms with Gasteiger partial charge in [0.25, 0.3) is 5.56 Å². The molecule has 94 valence electrons. The molecule has 18 heavy (non-hydrogen) atoms. The highest BCUT2D eigenvalue weighted by Crippen LogP contribution is 2.16. The number of nitrogens with zero attached hydrogens (tertiary/aromatic N) is 2. The Kier molecular flexibility index (Phi) is 4.01. The van der Waals surface area contributed by atoms with E-state index in [2.05, 4.69) is 4.98 Å². The minimum Gasteiger partial charge on any atom is -0.294 e. The van der Waals surface area contributed by atoms with Crippen LogP contribution in [0.1, 0.15) is 11.3 Å². The van der Waals surface area contributed by atoms with Gasteiger partial charge < -0.3 is 0 Å². The van der Waals surface area contributed by atoms with Crippen LogP contribution in [0.2, 0.25) is 5.02 Å². The van der Waals surface area contributed by atoms with Crippen LogP contribution in [-0.2, 0) is 6.54 Å². The van der Waals surface area contributed by atoms with Crippen molar-refractivity contribution in [3.63, 3.8) is 0 Å². The average molecular weight is 379 g/mol. The summed E-state index contributed by atoms with van der Waals surface area (Å²) < 4.78 is 15.3. The summed E-state index contributed by atoms with van der Waals surface area (Å²) in [5, 5.41) is 0.0720. The molecule has 0 aliphatic rings. The van der Waals surface area contributed by atoms with Crippen LogP contribution >= 0.6 is 34.2 Å². The zero-order valence-electron chi connectivity index (χ0n) is 9.45. The number of rotatable bonds is 2. The first-order valence-corrected chi connectivity index (χ1v) is 6.60. The first kappa shape index (κ1) is 13.5. The Hall–Kier alpha value is -0.950. The minimum absolute atomic E-state index is 0.0720. The monoisotopic (exact) mass is 378 g/mol. The van der Waals surface area contributed by atoms with Crippen molar-refractivity contribution < 1.29 is 4.39 Å². The van der Waals surface area contributed by atoms with Crippen molar-refractivity contribution in [3.05, 3.63) is 60.5 Å². The van der Waals surface area contributed by atoms with Gasteiger partial charge in [-0.05, 0) is 47.2 Å². The Morgan fingerprint density at radius 2 is 2.22 bits per heavy atom. The minimum atomic E-state index is -0.489. The molecule has 0 bridgehead atoms. The average Bonchev–Trinajstić information content (AvgIpc) is 2.34. The Bertz CT molecular complexity index is 657. The Balaban J connectivity index is 2.37. The molecule has 1 aromatic carbocycles. The topological polar surface area (TPSA) is 34.9 Å². The molecule has 1 heterocycles. The van der Waals surface area contributed by atoms with E-state index in [0.29, 0.717) is 14.8 Å². The molecule has 0 aliphatic carbocycles. The maximum atomic E-state index is 13.3. The summed E-state index contributed by atoms with van der Waals surface area (Å²) in [6.07, 6.45) is 1.46. The normalized spacial score (nSPS) is 10.7. The number of halogens is 3. The fourth-order valence-electron chi connectivity index (χ4n) is 1.49. The highest BCUT2D eigenvalue weighted by molar-refractivity contribution is 14.1. The van der Waals surface area contributed by atoms with Crippen LogP contribution in [0.3, 0.4) is 0 Å². The quantitative estimate of drug-likeness (QED) is 0.753. The molecule has 0 amide bonds. The summed E-state index contributed by atoms with van der Waals surface area (Å²) in [5.74, 6) is -0.489. The van der Waals surface area contributed by atoms with Crippen molar-refractivity contribution in [2.24, 2.45) is 0 Å². The van der Waals surface area contributed by atoms with Crippen LogP contribution in [0.15, 0.2) is 29.3 Å². The van der Waals surface area contributed by atoms with E-state index in [9.17, 15) is 9.18 Å². The van der Waals surface area contributed by atoms with Crippen molar-refractivity contribution in [1.82, 2.24) is 9.55 Å². The fourth-order valence-corrected chi connectivity index (χ4v) is 2.06. The maximum Gasteiger partial charge on any atom is 0.267 e. The molecule has 2 aromatic rings. The van der Waals surface area contributed by atoms with Gasteiger partial charge in [0.2, 0.25) is 0 Å². The highest BCUT2D eigenvalue weighted by atomic mass is 127. The van der Waals surface area contributed by atoms with Crippen LogP contribution in [0.4, 0.5) is 4.39 Å². The first-order chi connectivity index (χ1) is 8.49. The van der Waals surface area contributed by atoms with Crippen molar-refractivity contribution in [2.75, 3.05) is 0 Å². The smallest absolute Gasteiger partial charge is 0.267 e. The second-order valence-electron chi connectivity index (χ2n) is 3.83. The molecule has 0 atom stereocenters. The molecule has 1 aromatic heterocycles. The lowest BCUT2D eigenvalue weighted by Gasteiger charge is -2.07. The van der Waals surface area contributed by atoms with E-state index in [0.717, 1.165) is 0 Å². The largest absolute Gasteiger partial charge is 0.294 e. The molecule has 0 saturated carbocycles. The van der Waals surface area contributed by atoms with Crippen molar-refractivity contribution in [3.8, 4) is 0 Å². The molecule has 0 radical (unpaired) electrons. The molecule has 0 fully saturated rings. The summed E-state index contributed by atoms with van der Waals surface area (Å²) in [6.45, 7) is 2.05. The molecule has 0 aliphatic heterocycles. The van der Waals surface area contributed by atoms with Crippen LogP contribution in [-0.4, -0.2) is 9.55 Å². The van der Waals surface area contributed by atoms with Gasteiger partial charge in [-0.1, -0.05) is 17.7 Å². The summed E-state index contributed by atoms with van der Waals surface area (Å²) in [4.78, 5) is 16.1. The number of aromatic nitrogens is 2. The summed E-state index contributed by atoms with van der Waals surface area (Å²) in [6, 6.07) is 4.48. The Morgan fingerprint density at radius 1 is 1.50 bits per heavy atom. The van der Waals surface area contributed by atoms with E-state index >= 15 is 0 Å². The van der Waals surface area contributed by atoms with Crippen LogP contribution in [0, 0.1) is 16.3 Å². The predicted molar refractivity (Wildman–Crippen MR) is 76.5 cm³/mol. The molecule has 2 rings (SSSR count). The lowest BCUT2D eigenvalue weighted by molar-refractivity contribution is 0.622. The molecule has 0 unspecified atom stereocenters. The molecule has 6 heteroatoms. The van der Waals surface area contributed by atoms with Gasteiger partial charge in [0.1, 0.15) is 5.82 Å².